The van der Waals surface area contributed by atoms with Crippen LogP contribution in [0, 0.1) is 5.92 Å². The Morgan fingerprint density at radius 3 is 2.33 bits per heavy atom. The van der Waals surface area contributed by atoms with E-state index in [1.807, 2.05) is 32.0 Å². The maximum absolute atomic E-state index is 12.0. The van der Waals surface area contributed by atoms with Crippen molar-refractivity contribution in [2.75, 3.05) is 24.2 Å². The Bertz CT molecular complexity index is 718. The number of benzene rings is 2. The first-order valence-corrected chi connectivity index (χ1v) is 10.1. The van der Waals surface area contributed by atoms with Gasteiger partial charge in [-0.1, -0.05) is 32.0 Å². The average Bonchev–Trinajstić information content (AvgIpc) is 2.67. The molecule has 0 saturated carbocycles. The quantitative estimate of drug-likeness (QED) is 0.443. The first-order chi connectivity index (χ1) is 13.0. The third-order valence-electron chi connectivity index (χ3n) is 3.69. The molecule has 0 saturated heterocycles. The highest BCUT2D eigenvalue weighted by Gasteiger charge is 2.07. The summed E-state index contributed by atoms with van der Waals surface area (Å²) in [6.07, 6.45) is 0.891. The third kappa shape index (κ3) is 8.17. The number of hydrogen-bond acceptors (Lipinski definition) is 3. The molecule has 3 N–H and O–H groups in total. The summed E-state index contributed by atoms with van der Waals surface area (Å²) in [6, 6.07) is 16.8. The zero-order chi connectivity index (χ0) is 19.5. The van der Waals surface area contributed by atoms with Gasteiger partial charge in [-0.25, -0.2) is 4.79 Å². The standard InChI is InChI=1S/C21H27N3O2S/c1-16(2)15-23-20(25)17-9-11-18(12-10-17)24-21(26)22-13-6-14-27-19-7-4-3-5-8-19/h3-5,7-12,16H,6,13-15H2,1-2H3,(H,23,25)(H2,22,24,26). The van der Waals surface area contributed by atoms with Crippen LogP contribution in [0.5, 0.6) is 0 Å². The molecule has 2 rings (SSSR count). The summed E-state index contributed by atoms with van der Waals surface area (Å²) in [4.78, 5) is 25.1. The number of thioether (sulfide) groups is 1. The largest absolute Gasteiger partial charge is 0.352 e. The van der Waals surface area contributed by atoms with Gasteiger partial charge < -0.3 is 16.0 Å². The van der Waals surface area contributed by atoms with Crippen molar-refractivity contribution in [3.8, 4) is 0 Å². The smallest absolute Gasteiger partial charge is 0.319 e. The van der Waals surface area contributed by atoms with Crippen molar-refractivity contribution < 1.29 is 9.59 Å². The van der Waals surface area contributed by atoms with E-state index in [0.717, 1.165) is 12.2 Å². The molecule has 0 spiro atoms. The van der Waals surface area contributed by atoms with E-state index in [0.29, 0.717) is 30.3 Å². The molecule has 0 atom stereocenters. The minimum Gasteiger partial charge on any atom is -0.352 e. The molecule has 0 fully saturated rings. The summed E-state index contributed by atoms with van der Waals surface area (Å²) in [5, 5.41) is 8.49. The normalized spacial score (nSPS) is 10.5. The molecule has 0 heterocycles. The molecule has 0 aliphatic carbocycles. The van der Waals surface area contributed by atoms with Crippen LogP contribution in [0.2, 0.25) is 0 Å². The molecule has 2 aromatic rings. The zero-order valence-electron chi connectivity index (χ0n) is 15.8. The van der Waals surface area contributed by atoms with Crippen LogP contribution in [0.4, 0.5) is 10.5 Å². The van der Waals surface area contributed by atoms with E-state index in [2.05, 4.69) is 28.1 Å². The van der Waals surface area contributed by atoms with Gasteiger partial charge in [-0.05, 0) is 54.5 Å². The number of carbonyl (C=O) groups is 2. The van der Waals surface area contributed by atoms with E-state index in [1.54, 1.807) is 36.0 Å². The Balaban J connectivity index is 1.65. The molecule has 27 heavy (non-hydrogen) atoms. The van der Waals surface area contributed by atoms with Crippen molar-refractivity contribution in [1.29, 1.82) is 0 Å². The van der Waals surface area contributed by atoms with Gasteiger partial charge in [0.15, 0.2) is 0 Å². The molecule has 0 bridgehead atoms. The molecule has 0 aromatic heterocycles. The summed E-state index contributed by atoms with van der Waals surface area (Å²) < 4.78 is 0. The van der Waals surface area contributed by atoms with E-state index >= 15 is 0 Å². The molecular weight excluding hydrogens is 358 g/mol. The lowest BCUT2D eigenvalue weighted by molar-refractivity contribution is 0.0949. The van der Waals surface area contributed by atoms with Gasteiger partial charge >= 0.3 is 6.03 Å². The van der Waals surface area contributed by atoms with E-state index in [1.165, 1.54) is 4.90 Å². The van der Waals surface area contributed by atoms with Crippen LogP contribution < -0.4 is 16.0 Å². The highest BCUT2D eigenvalue weighted by atomic mass is 32.2. The van der Waals surface area contributed by atoms with Crippen LogP contribution in [-0.4, -0.2) is 30.8 Å². The summed E-state index contributed by atoms with van der Waals surface area (Å²) in [6.45, 7) is 5.35. The Morgan fingerprint density at radius 1 is 0.963 bits per heavy atom. The number of urea groups is 1. The lowest BCUT2D eigenvalue weighted by Crippen LogP contribution is -2.30. The van der Waals surface area contributed by atoms with Crippen molar-refractivity contribution in [2.45, 2.75) is 25.2 Å². The maximum atomic E-state index is 12.0. The van der Waals surface area contributed by atoms with Gasteiger partial charge in [-0.2, -0.15) is 0 Å². The predicted octanol–water partition coefficient (Wildman–Crippen LogP) is 4.38. The SMILES string of the molecule is CC(C)CNC(=O)c1ccc(NC(=O)NCCCSc2ccccc2)cc1. The zero-order valence-corrected chi connectivity index (χ0v) is 16.6. The first kappa shape index (κ1) is 20.8. The fourth-order valence-corrected chi connectivity index (χ4v) is 3.13. The Morgan fingerprint density at radius 2 is 1.67 bits per heavy atom. The second kappa shape index (κ2) is 11.3. The monoisotopic (exact) mass is 385 g/mol. The van der Waals surface area contributed by atoms with Gasteiger partial charge in [-0.15, -0.1) is 11.8 Å². The van der Waals surface area contributed by atoms with Crippen molar-refractivity contribution in [3.05, 3.63) is 60.2 Å². The molecule has 6 heteroatoms. The molecule has 0 unspecified atom stereocenters. The summed E-state index contributed by atoms with van der Waals surface area (Å²) >= 11 is 1.78. The van der Waals surface area contributed by atoms with E-state index in [-0.39, 0.29) is 11.9 Å². The Labute approximate surface area is 165 Å². The summed E-state index contributed by atoms with van der Waals surface area (Å²) in [5.41, 5.74) is 1.24. The highest BCUT2D eigenvalue weighted by molar-refractivity contribution is 7.99. The van der Waals surface area contributed by atoms with Crippen LogP contribution in [0.25, 0.3) is 0 Å². The van der Waals surface area contributed by atoms with Gasteiger partial charge in [0.05, 0.1) is 0 Å². The van der Waals surface area contributed by atoms with Gasteiger partial charge in [-0.3, -0.25) is 4.79 Å². The van der Waals surface area contributed by atoms with Gasteiger partial charge in [0, 0.05) is 29.2 Å². The van der Waals surface area contributed by atoms with Gasteiger partial charge in [0.1, 0.15) is 0 Å². The fraction of sp³-hybridized carbons (Fsp3) is 0.333. The van der Waals surface area contributed by atoms with Gasteiger partial charge in [0.2, 0.25) is 0 Å². The molecule has 0 aliphatic rings. The van der Waals surface area contributed by atoms with Crippen molar-refractivity contribution >= 4 is 29.4 Å². The summed E-state index contributed by atoms with van der Waals surface area (Å²) in [7, 11) is 0. The minimum atomic E-state index is -0.239. The maximum Gasteiger partial charge on any atom is 0.319 e. The van der Waals surface area contributed by atoms with Crippen LogP contribution in [-0.2, 0) is 0 Å². The van der Waals surface area contributed by atoms with Crippen molar-refractivity contribution in [2.24, 2.45) is 5.92 Å². The molecule has 2 aromatic carbocycles. The van der Waals surface area contributed by atoms with Gasteiger partial charge in [0.25, 0.3) is 5.91 Å². The topological polar surface area (TPSA) is 70.2 Å². The molecule has 0 aliphatic heterocycles. The average molecular weight is 386 g/mol. The highest BCUT2D eigenvalue weighted by Crippen LogP contribution is 2.17. The molecular formula is C21H27N3O2S. The number of anilines is 1. The van der Waals surface area contributed by atoms with E-state index < -0.39 is 0 Å². The number of nitrogens with one attached hydrogen (secondary N) is 3. The third-order valence-corrected chi connectivity index (χ3v) is 4.79. The molecule has 144 valence electrons. The molecule has 5 nitrogen and oxygen atoms in total. The Hall–Kier alpha value is -2.47. The van der Waals surface area contributed by atoms with Crippen LogP contribution in [0.3, 0.4) is 0 Å². The summed E-state index contributed by atoms with van der Waals surface area (Å²) in [5.74, 6) is 1.25. The predicted molar refractivity (Wildman–Crippen MR) is 112 cm³/mol. The second-order valence-electron chi connectivity index (χ2n) is 6.58. The van der Waals surface area contributed by atoms with Crippen LogP contribution in [0.1, 0.15) is 30.6 Å². The fourth-order valence-electron chi connectivity index (χ4n) is 2.26. The van der Waals surface area contributed by atoms with Crippen molar-refractivity contribution in [3.63, 3.8) is 0 Å². The lowest BCUT2D eigenvalue weighted by atomic mass is 10.1. The van der Waals surface area contributed by atoms with E-state index in [9.17, 15) is 9.59 Å². The molecule has 3 amide bonds. The second-order valence-corrected chi connectivity index (χ2v) is 7.75. The number of rotatable bonds is 9. The number of amides is 3. The lowest BCUT2D eigenvalue weighted by Gasteiger charge is -2.10. The molecule has 0 radical (unpaired) electrons. The number of hydrogen-bond donors (Lipinski definition) is 3. The number of carbonyl (C=O) groups excluding carboxylic acids is 2. The van der Waals surface area contributed by atoms with Crippen LogP contribution in [0.15, 0.2) is 59.5 Å². The van der Waals surface area contributed by atoms with Crippen LogP contribution >= 0.6 is 11.8 Å². The first-order valence-electron chi connectivity index (χ1n) is 9.15. The minimum absolute atomic E-state index is 0.101. The van der Waals surface area contributed by atoms with E-state index in [4.69, 9.17) is 0 Å². The Kier molecular flexibility index (Phi) is 8.71. The van der Waals surface area contributed by atoms with Crippen molar-refractivity contribution in [1.82, 2.24) is 10.6 Å².